The van der Waals surface area contributed by atoms with Crippen LogP contribution in [0.4, 0.5) is 0 Å². The fraction of sp³-hybridized carbons (Fsp3) is 0.344. The number of fused-ring (bicyclic) bond motifs is 1. The maximum Gasteiger partial charge on any atom is 0.269 e. The molecule has 0 saturated carbocycles. The molecule has 0 aromatic heterocycles. The van der Waals surface area contributed by atoms with E-state index in [-0.39, 0.29) is 23.5 Å². The molecular formula is C32H35ClN4O4. The van der Waals surface area contributed by atoms with Crippen LogP contribution in [0.15, 0.2) is 72.8 Å². The number of carbonyl (C=O) groups excluding carboxylic acids is 3. The van der Waals surface area contributed by atoms with Crippen LogP contribution in [-0.2, 0) is 16.0 Å². The van der Waals surface area contributed by atoms with Gasteiger partial charge in [-0.3, -0.25) is 19.4 Å². The molecule has 1 saturated heterocycles. The van der Waals surface area contributed by atoms with E-state index in [9.17, 15) is 19.5 Å². The van der Waals surface area contributed by atoms with Crippen LogP contribution in [0.1, 0.15) is 58.3 Å². The van der Waals surface area contributed by atoms with E-state index in [1.807, 2.05) is 41.4 Å². The topological polar surface area (TPSA) is 93.2 Å². The molecule has 3 aromatic rings. The molecule has 9 heteroatoms. The molecule has 2 aliphatic rings. The van der Waals surface area contributed by atoms with Crippen LogP contribution in [0, 0.1) is 0 Å². The van der Waals surface area contributed by atoms with Crippen LogP contribution in [0.25, 0.3) is 0 Å². The average Bonchev–Trinajstić information content (AvgIpc) is 2.98. The number of likely N-dealkylation sites (N-methyl/N-ethyl adjacent to an activating group) is 1. The minimum atomic E-state index is -0.720. The fourth-order valence-electron chi connectivity index (χ4n) is 5.90. The van der Waals surface area contributed by atoms with Crippen molar-refractivity contribution in [2.24, 2.45) is 0 Å². The number of amides is 3. The maximum absolute atomic E-state index is 14.3. The molecule has 3 unspecified atom stereocenters. The Bertz CT molecular complexity index is 1410. The Balaban J connectivity index is 1.56. The predicted octanol–water partition coefficient (Wildman–Crippen LogP) is 4.54. The van der Waals surface area contributed by atoms with Crippen LogP contribution in [-0.4, -0.2) is 71.0 Å². The molecule has 214 valence electrons. The zero-order valence-electron chi connectivity index (χ0n) is 23.3. The van der Waals surface area contributed by atoms with E-state index in [2.05, 4.69) is 5.32 Å². The summed E-state index contributed by atoms with van der Waals surface area (Å²) < 4.78 is 0. The summed E-state index contributed by atoms with van der Waals surface area (Å²) in [5.41, 5.74) is 2.86. The number of hydrogen-bond donors (Lipinski definition) is 2. The van der Waals surface area contributed by atoms with Gasteiger partial charge in [-0.2, -0.15) is 0 Å². The first-order valence-corrected chi connectivity index (χ1v) is 14.4. The minimum absolute atomic E-state index is 0.0684. The summed E-state index contributed by atoms with van der Waals surface area (Å²) >= 11 is 6.24. The fourth-order valence-corrected chi connectivity index (χ4v) is 6.03. The molecule has 0 bridgehead atoms. The van der Waals surface area contributed by atoms with Crippen LogP contribution in [0.2, 0.25) is 5.02 Å². The van der Waals surface area contributed by atoms with Gasteiger partial charge in [0.2, 0.25) is 11.8 Å². The lowest BCUT2D eigenvalue weighted by Crippen LogP contribution is -2.62. The van der Waals surface area contributed by atoms with Crippen molar-refractivity contribution < 1.29 is 19.5 Å². The highest BCUT2D eigenvalue weighted by Crippen LogP contribution is 2.45. The van der Waals surface area contributed by atoms with E-state index in [1.165, 1.54) is 0 Å². The summed E-state index contributed by atoms with van der Waals surface area (Å²) in [4.78, 5) is 43.3. The van der Waals surface area contributed by atoms with Gasteiger partial charge in [0.15, 0.2) is 0 Å². The molecule has 2 heterocycles. The van der Waals surface area contributed by atoms with Gasteiger partial charge in [-0.1, -0.05) is 54.1 Å². The van der Waals surface area contributed by atoms with Gasteiger partial charge in [-0.25, -0.2) is 5.01 Å². The van der Waals surface area contributed by atoms with Crippen molar-refractivity contribution >= 4 is 29.3 Å². The van der Waals surface area contributed by atoms with E-state index >= 15 is 0 Å². The van der Waals surface area contributed by atoms with Crippen molar-refractivity contribution in [2.75, 3.05) is 27.2 Å². The summed E-state index contributed by atoms with van der Waals surface area (Å²) in [6.45, 7) is 0.909. The van der Waals surface area contributed by atoms with E-state index in [4.69, 9.17) is 11.6 Å². The SMILES string of the molecule is CN(C)C(=O)C1CCCCN1N1C(=O)c2ccccc2C(C(=O)NCCc2ccc(O)cc2)C1c1ccc(Cl)cc1. The molecule has 0 aliphatic carbocycles. The molecule has 5 rings (SSSR count). The Kier molecular flexibility index (Phi) is 8.61. The molecule has 41 heavy (non-hydrogen) atoms. The molecule has 8 nitrogen and oxygen atoms in total. The standard InChI is InChI=1S/C32H35ClN4O4/c1-35(2)32(41)27-9-5-6-20-36(27)37-29(22-12-14-23(33)15-13-22)28(25-7-3-4-8-26(25)31(37)40)30(39)34-19-18-21-10-16-24(38)17-11-21/h3-4,7-8,10-17,27-29,38H,5-6,9,18-20H2,1-2H3,(H,34,39). The lowest BCUT2D eigenvalue weighted by atomic mass is 9.79. The second-order valence-corrected chi connectivity index (χ2v) is 11.3. The highest BCUT2D eigenvalue weighted by atomic mass is 35.5. The number of nitrogens with zero attached hydrogens (tertiary/aromatic N) is 3. The summed E-state index contributed by atoms with van der Waals surface area (Å²) in [6.07, 6.45) is 2.92. The second-order valence-electron chi connectivity index (χ2n) is 10.8. The molecule has 1 fully saturated rings. The van der Waals surface area contributed by atoms with Crippen LogP contribution in [0.5, 0.6) is 5.75 Å². The number of halogens is 1. The van der Waals surface area contributed by atoms with Gasteiger partial charge >= 0.3 is 0 Å². The van der Waals surface area contributed by atoms with E-state index < -0.39 is 18.0 Å². The summed E-state index contributed by atoms with van der Waals surface area (Å²) in [5, 5.41) is 16.8. The summed E-state index contributed by atoms with van der Waals surface area (Å²) in [7, 11) is 3.45. The number of piperidine rings is 1. The van der Waals surface area contributed by atoms with E-state index in [0.717, 1.165) is 24.0 Å². The number of rotatable bonds is 7. The number of benzene rings is 3. The normalized spacial score (nSPS) is 20.8. The first kappa shape index (κ1) is 28.6. The second kappa shape index (κ2) is 12.3. The lowest BCUT2D eigenvalue weighted by Gasteiger charge is -2.50. The van der Waals surface area contributed by atoms with Crippen molar-refractivity contribution in [2.45, 2.75) is 43.7 Å². The largest absolute Gasteiger partial charge is 0.508 e. The highest BCUT2D eigenvalue weighted by molar-refractivity contribution is 6.30. The number of aromatic hydroxyl groups is 1. The number of nitrogens with one attached hydrogen (secondary N) is 1. The van der Waals surface area contributed by atoms with Crippen LogP contribution >= 0.6 is 11.6 Å². The van der Waals surface area contributed by atoms with Crippen molar-refractivity contribution in [1.29, 1.82) is 0 Å². The number of phenols is 1. The summed E-state index contributed by atoms with van der Waals surface area (Å²) in [5.74, 6) is -1.03. The van der Waals surface area contributed by atoms with Gasteiger partial charge in [0, 0.05) is 37.8 Å². The Hall–Kier alpha value is -3.88. The molecule has 2 N–H and O–H groups in total. The highest BCUT2D eigenvalue weighted by Gasteiger charge is 2.49. The third-order valence-corrected chi connectivity index (χ3v) is 8.19. The first-order valence-electron chi connectivity index (χ1n) is 14.0. The van der Waals surface area contributed by atoms with Gasteiger partial charge < -0.3 is 15.3 Å². The Morgan fingerprint density at radius 2 is 1.71 bits per heavy atom. The quantitative estimate of drug-likeness (QED) is 0.432. The van der Waals surface area contributed by atoms with Gasteiger partial charge in [0.1, 0.15) is 11.8 Å². The number of hydrazine groups is 1. The van der Waals surface area contributed by atoms with Gasteiger partial charge in [-0.15, -0.1) is 0 Å². The zero-order valence-corrected chi connectivity index (χ0v) is 24.1. The van der Waals surface area contributed by atoms with Crippen molar-refractivity contribution in [3.05, 3.63) is 100 Å². The molecular weight excluding hydrogens is 540 g/mol. The van der Waals surface area contributed by atoms with Crippen molar-refractivity contribution in [3.63, 3.8) is 0 Å². The molecule has 0 radical (unpaired) electrons. The summed E-state index contributed by atoms with van der Waals surface area (Å²) in [6, 6.07) is 20.2. The molecule has 3 atom stereocenters. The monoisotopic (exact) mass is 574 g/mol. The van der Waals surface area contributed by atoms with Gasteiger partial charge in [-0.05, 0) is 72.7 Å². The molecule has 3 amide bonds. The minimum Gasteiger partial charge on any atom is -0.508 e. The molecule has 3 aromatic carbocycles. The Morgan fingerprint density at radius 1 is 1.00 bits per heavy atom. The van der Waals surface area contributed by atoms with Crippen LogP contribution in [0.3, 0.4) is 0 Å². The smallest absolute Gasteiger partial charge is 0.269 e. The maximum atomic E-state index is 14.3. The first-order chi connectivity index (χ1) is 19.8. The Labute approximate surface area is 245 Å². The average molecular weight is 575 g/mol. The van der Waals surface area contributed by atoms with Crippen LogP contribution < -0.4 is 5.32 Å². The third-order valence-electron chi connectivity index (χ3n) is 7.93. The van der Waals surface area contributed by atoms with Gasteiger partial charge in [0.25, 0.3) is 5.91 Å². The van der Waals surface area contributed by atoms with E-state index in [1.54, 1.807) is 60.4 Å². The molecule has 0 spiro atoms. The van der Waals surface area contributed by atoms with Crippen molar-refractivity contribution in [1.82, 2.24) is 20.2 Å². The molecule has 2 aliphatic heterocycles. The van der Waals surface area contributed by atoms with Crippen molar-refractivity contribution in [3.8, 4) is 5.75 Å². The Morgan fingerprint density at radius 3 is 2.41 bits per heavy atom. The number of phenolic OH excluding ortho intramolecular Hbond substituents is 1. The number of carbonyl (C=O) groups is 3. The zero-order chi connectivity index (χ0) is 29.1. The predicted molar refractivity (Wildman–Crippen MR) is 157 cm³/mol. The van der Waals surface area contributed by atoms with Gasteiger partial charge in [0.05, 0.1) is 12.0 Å². The van der Waals surface area contributed by atoms with E-state index in [0.29, 0.717) is 42.1 Å². The lowest BCUT2D eigenvalue weighted by molar-refractivity contribution is -0.150. The number of hydrogen-bond acceptors (Lipinski definition) is 5. The third kappa shape index (κ3) is 5.94.